The number of rotatable bonds is 4. The first-order chi connectivity index (χ1) is 8.62. The number of aliphatic carboxylic acids is 1. The van der Waals surface area contributed by atoms with Crippen LogP contribution in [-0.4, -0.2) is 22.5 Å². The fourth-order valence-electron chi connectivity index (χ4n) is 2.07. The van der Waals surface area contributed by atoms with E-state index in [4.69, 9.17) is 0 Å². The topological polar surface area (TPSA) is 66.4 Å². The zero-order valence-corrected chi connectivity index (χ0v) is 9.93. The normalized spacial score (nSPS) is 16.4. The number of carbonyl (C=O) groups is 2. The smallest absolute Gasteiger partial charge is 0.330 e. The van der Waals surface area contributed by atoms with Crippen LogP contribution in [0.3, 0.4) is 0 Å². The molecule has 0 bridgehead atoms. The summed E-state index contributed by atoms with van der Waals surface area (Å²) in [4.78, 5) is 23.1. The third-order valence-corrected chi connectivity index (χ3v) is 3.09. The molecule has 0 radical (unpaired) electrons. The van der Waals surface area contributed by atoms with Gasteiger partial charge in [-0.25, -0.2) is 4.79 Å². The first kappa shape index (κ1) is 12.4. The van der Waals surface area contributed by atoms with Crippen LogP contribution in [-0.2, 0) is 16.0 Å². The summed E-state index contributed by atoms with van der Waals surface area (Å²) < 4.78 is 0. The monoisotopic (exact) mass is 245 g/mol. The maximum Gasteiger partial charge on any atom is 0.330 e. The van der Waals surface area contributed by atoms with Crippen LogP contribution < -0.4 is 5.32 Å². The molecule has 0 heterocycles. The zero-order valence-electron chi connectivity index (χ0n) is 9.93. The van der Waals surface area contributed by atoms with Gasteiger partial charge in [0, 0.05) is 0 Å². The quantitative estimate of drug-likeness (QED) is 0.790. The minimum absolute atomic E-state index is 0.204. The Kier molecular flexibility index (Phi) is 3.46. The lowest BCUT2D eigenvalue weighted by Crippen LogP contribution is -2.53. The van der Waals surface area contributed by atoms with Gasteiger partial charge < -0.3 is 10.4 Å². The molecule has 0 unspecified atom stereocenters. The molecule has 0 spiro atoms. The third-order valence-electron chi connectivity index (χ3n) is 3.09. The van der Waals surface area contributed by atoms with Crippen molar-refractivity contribution < 1.29 is 14.7 Å². The Hall–Kier alpha value is -2.10. The molecule has 2 rings (SSSR count). The van der Waals surface area contributed by atoms with Crippen LogP contribution in [0.2, 0.25) is 0 Å². The highest BCUT2D eigenvalue weighted by atomic mass is 16.4. The molecule has 4 heteroatoms. The van der Waals surface area contributed by atoms with Crippen molar-refractivity contribution in [2.75, 3.05) is 0 Å². The molecule has 0 saturated carbocycles. The number of carboxylic acid groups (broad SMARTS) is 1. The number of hydrogen-bond acceptors (Lipinski definition) is 2. The molecule has 1 aliphatic rings. The van der Waals surface area contributed by atoms with E-state index in [9.17, 15) is 14.7 Å². The van der Waals surface area contributed by atoms with Crippen molar-refractivity contribution >= 4 is 11.9 Å². The lowest BCUT2D eigenvalue weighted by atomic mass is 9.96. The summed E-state index contributed by atoms with van der Waals surface area (Å²) in [6.07, 6.45) is 4.48. The van der Waals surface area contributed by atoms with Gasteiger partial charge in [0.1, 0.15) is 5.54 Å². The predicted octanol–water partition coefficient (Wildman–Crippen LogP) is 1.52. The van der Waals surface area contributed by atoms with Crippen molar-refractivity contribution in [2.45, 2.75) is 24.8 Å². The molecule has 4 nitrogen and oxygen atoms in total. The molecular weight excluding hydrogens is 230 g/mol. The van der Waals surface area contributed by atoms with E-state index in [2.05, 4.69) is 5.32 Å². The second kappa shape index (κ2) is 5.04. The SMILES string of the molecule is O=C(Cc1ccccc1)NC1(C(=O)O)CC=CC1. The van der Waals surface area contributed by atoms with Crippen LogP contribution in [0.5, 0.6) is 0 Å². The van der Waals surface area contributed by atoms with Gasteiger partial charge in [0.05, 0.1) is 6.42 Å². The van der Waals surface area contributed by atoms with Gasteiger partial charge in [-0.1, -0.05) is 42.5 Å². The standard InChI is InChI=1S/C14H15NO3/c16-12(10-11-6-2-1-3-7-11)15-14(13(17)18)8-4-5-9-14/h1-7H,8-10H2,(H,15,16)(H,17,18). The van der Waals surface area contributed by atoms with Gasteiger partial charge in [-0.3, -0.25) is 4.79 Å². The van der Waals surface area contributed by atoms with Gasteiger partial charge in [0.25, 0.3) is 0 Å². The minimum Gasteiger partial charge on any atom is -0.479 e. The van der Waals surface area contributed by atoms with Crippen LogP contribution in [0.25, 0.3) is 0 Å². The van der Waals surface area contributed by atoms with E-state index >= 15 is 0 Å². The van der Waals surface area contributed by atoms with E-state index in [0.29, 0.717) is 12.8 Å². The molecule has 0 atom stereocenters. The van der Waals surface area contributed by atoms with E-state index in [1.165, 1.54) is 0 Å². The van der Waals surface area contributed by atoms with Crippen LogP contribution in [0, 0.1) is 0 Å². The van der Waals surface area contributed by atoms with Crippen molar-refractivity contribution in [3.8, 4) is 0 Å². The van der Waals surface area contributed by atoms with Crippen LogP contribution >= 0.6 is 0 Å². The Balaban J connectivity index is 2.00. The highest BCUT2D eigenvalue weighted by Gasteiger charge is 2.40. The average Bonchev–Trinajstić information content (AvgIpc) is 2.80. The fraction of sp³-hybridized carbons (Fsp3) is 0.286. The third kappa shape index (κ3) is 2.59. The summed E-state index contributed by atoms with van der Waals surface area (Å²) in [5.74, 6) is -1.23. The van der Waals surface area contributed by atoms with Crippen LogP contribution in [0.15, 0.2) is 42.5 Å². The molecule has 1 amide bonds. The minimum atomic E-state index is -1.15. The van der Waals surface area contributed by atoms with Gasteiger partial charge in [-0.15, -0.1) is 0 Å². The summed E-state index contributed by atoms with van der Waals surface area (Å²) >= 11 is 0. The number of carboxylic acids is 1. The number of carbonyl (C=O) groups excluding carboxylic acids is 1. The Labute approximate surface area is 105 Å². The van der Waals surface area contributed by atoms with E-state index < -0.39 is 11.5 Å². The number of benzene rings is 1. The largest absolute Gasteiger partial charge is 0.479 e. The van der Waals surface area contributed by atoms with Crippen LogP contribution in [0.1, 0.15) is 18.4 Å². The number of amides is 1. The summed E-state index contributed by atoms with van der Waals surface area (Å²) in [5.41, 5.74) is -0.271. The van der Waals surface area contributed by atoms with E-state index in [1.807, 2.05) is 30.3 Å². The molecule has 18 heavy (non-hydrogen) atoms. The lowest BCUT2D eigenvalue weighted by Gasteiger charge is -2.25. The molecule has 2 N–H and O–H groups in total. The maximum absolute atomic E-state index is 11.9. The van der Waals surface area contributed by atoms with Crippen molar-refractivity contribution in [1.29, 1.82) is 0 Å². The molecule has 0 saturated heterocycles. The lowest BCUT2D eigenvalue weighted by molar-refractivity contribution is -0.147. The van der Waals surface area contributed by atoms with Gasteiger partial charge in [-0.2, -0.15) is 0 Å². The first-order valence-electron chi connectivity index (χ1n) is 5.86. The predicted molar refractivity (Wildman–Crippen MR) is 67.0 cm³/mol. The summed E-state index contributed by atoms with van der Waals surface area (Å²) in [7, 11) is 0. The highest BCUT2D eigenvalue weighted by molar-refractivity contribution is 5.88. The summed E-state index contributed by atoms with van der Waals surface area (Å²) in [6, 6.07) is 9.28. The molecule has 0 aliphatic heterocycles. The fourth-order valence-corrected chi connectivity index (χ4v) is 2.07. The second-order valence-corrected chi connectivity index (χ2v) is 4.48. The number of nitrogens with one attached hydrogen (secondary N) is 1. The Morgan fingerprint density at radius 1 is 1.17 bits per heavy atom. The second-order valence-electron chi connectivity index (χ2n) is 4.48. The molecule has 0 aromatic heterocycles. The summed E-state index contributed by atoms with van der Waals surface area (Å²) in [5, 5.41) is 11.9. The van der Waals surface area contributed by atoms with E-state index in [1.54, 1.807) is 12.2 Å². The Morgan fingerprint density at radius 3 is 2.33 bits per heavy atom. The van der Waals surface area contributed by atoms with Crippen molar-refractivity contribution in [3.05, 3.63) is 48.0 Å². The van der Waals surface area contributed by atoms with Crippen molar-refractivity contribution in [1.82, 2.24) is 5.32 Å². The van der Waals surface area contributed by atoms with Crippen molar-refractivity contribution in [2.24, 2.45) is 0 Å². The molecule has 94 valence electrons. The van der Waals surface area contributed by atoms with E-state index in [-0.39, 0.29) is 12.3 Å². The Bertz CT molecular complexity index is 471. The molecule has 1 aliphatic carbocycles. The van der Waals surface area contributed by atoms with Crippen molar-refractivity contribution in [3.63, 3.8) is 0 Å². The van der Waals surface area contributed by atoms with Crippen LogP contribution in [0.4, 0.5) is 0 Å². The van der Waals surface area contributed by atoms with Gasteiger partial charge >= 0.3 is 5.97 Å². The van der Waals surface area contributed by atoms with Gasteiger partial charge in [0.2, 0.25) is 5.91 Å². The van der Waals surface area contributed by atoms with Gasteiger partial charge in [0.15, 0.2) is 0 Å². The first-order valence-corrected chi connectivity index (χ1v) is 5.86. The van der Waals surface area contributed by atoms with E-state index in [0.717, 1.165) is 5.56 Å². The molecule has 0 fully saturated rings. The van der Waals surface area contributed by atoms with Gasteiger partial charge in [-0.05, 0) is 18.4 Å². The number of hydrogen-bond donors (Lipinski definition) is 2. The summed E-state index contributed by atoms with van der Waals surface area (Å²) in [6.45, 7) is 0. The molecular formula is C14H15NO3. The maximum atomic E-state index is 11.9. The highest BCUT2D eigenvalue weighted by Crippen LogP contribution is 2.24. The Morgan fingerprint density at radius 2 is 1.78 bits per heavy atom. The average molecular weight is 245 g/mol. The zero-order chi connectivity index (χ0) is 13.0. The molecule has 1 aromatic rings. The molecule has 1 aromatic carbocycles.